The largest absolute Gasteiger partial charge is 0.497 e. The quantitative estimate of drug-likeness (QED) is 0.617. The molecule has 5 atom stereocenters. The molecule has 6 nitrogen and oxygen atoms in total. The molecule has 3 saturated heterocycles. The van der Waals surface area contributed by atoms with Crippen molar-refractivity contribution in [1.82, 2.24) is 0 Å². The summed E-state index contributed by atoms with van der Waals surface area (Å²) in [5.74, 6) is -0.787. The summed E-state index contributed by atoms with van der Waals surface area (Å²) in [4.78, 5) is 42.8. The van der Waals surface area contributed by atoms with Crippen LogP contribution >= 0.6 is 0 Å². The standard InChI is InChI=1S/C24H24N2O4/c1-14-5-7-15(8-6-14)22(27)21-20-19(18-4-3-13-25(18)21)23(28)26(24(20)29)16-9-11-17(30-2)12-10-16/h5-12,18-21H,3-4,13H2,1-2H3/p+1/t18-,19-,20+,21-/m1/s1. The minimum atomic E-state index is -0.589. The lowest BCUT2D eigenvalue weighted by Gasteiger charge is -2.25. The average molecular weight is 405 g/mol. The maximum atomic E-state index is 13.5. The van der Waals surface area contributed by atoms with Crippen LogP contribution in [0, 0.1) is 18.8 Å². The Balaban J connectivity index is 1.52. The minimum Gasteiger partial charge on any atom is -0.497 e. The molecule has 0 aromatic heterocycles. The Labute approximate surface area is 175 Å². The van der Waals surface area contributed by atoms with Gasteiger partial charge in [-0.2, -0.15) is 0 Å². The number of carbonyl (C=O) groups excluding carboxylic acids is 3. The fraction of sp³-hybridized carbons (Fsp3) is 0.375. The summed E-state index contributed by atoms with van der Waals surface area (Å²) in [6.45, 7) is 2.82. The maximum Gasteiger partial charge on any atom is 0.244 e. The fourth-order valence-corrected chi connectivity index (χ4v) is 5.62. The van der Waals surface area contributed by atoms with E-state index in [1.54, 1.807) is 31.4 Å². The van der Waals surface area contributed by atoms with E-state index in [4.69, 9.17) is 4.74 Å². The SMILES string of the molecule is COc1ccc(N2C(=O)[C@H]3[C@H](C2=O)[C@H](C(=O)c2ccc(C)cc2)[NH+]2CCC[C@H]32)cc1. The second kappa shape index (κ2) is 7.06. The van der Waals surface area contributed by atoms with Crippen LogP contribution in [-0.2, 0) is 9.59 Å². The number of ketones is 1. The van der Waals surface area contributed by atoms with E-state index >= 15 is 0 Å². The Morgan fingerprint density at radius 1 is 1.00 bits per heavy atom. The summed E-state index contributed by atoms with van der Waals surface area (Å²) < 4.78 is 5.19. The first-order chi connectivity index (χ1) is 14.5. The van der Waals surface area contributed by atoms with Gasteiger partial charge in [-0.3, -0.25) is 14.4 Å². The molecule has 3 aliphatic heterocycles. The first-order valence-corrected chi connectivity index (χ1v) is 10.5. The Kier molecular flexibility index (Phi) is 4.47. The molecule has 0 saturated carbocycles. The molecule has 1 N–H and O–H groups in total. The molecular formula is C24H25N2O4+. The molecule has 6 heteroatoms. The zero-order chi connectivity index (χ0) is 21.0. The monoisotopic (exact) mass is 405 g/mol. The molecule has 0 aliphatic carbocycles. The van der Waals surface area contributed by atoms with Gasteiger partial charge < -0.3 is 9.64 Å². The topological polar surface area (TPSA) is 68.1 Å². The van der Waals surface area contributed by atoms with Crippen molar-refractivity contribution in [3.8, 4) is 5.75 Å². The Morgan fingerprint density at radius 3 is 2.33 bits per heavy atom. The van der Waals surface area contributed by atoms with Crippen LogP contribution in [0.15, 0.2) is 48.5 Å². The van der Waals surface area contributed by atoms with Crippen molar-refractivity contribution in [2.45, 2.75) is 31.8 Å². The summed E-state index contributed by atoms with van der Waals surface area (Å²) in [5.41, 5.74) is 2.24. The molecule has 30 heavy (non-hydrogen) atoms. The number of fused-ring (bicyclic) bond motifs is 3. The van der Waals surface area contributed by atoms with Gasteiger partial charge in [0.05, 0.1) is 19.3 Å². The number of carbonyl (C=O) groups is 3. The van der Waals surface area contributed by atoms with Gasteiger partial charge in [0.15, 0.2) is 6.04 Å². The van der Waals surface area contributed by atoms with Crippen molar-refractivity contribution in [2.75, 3.05) is 18.6 Å². The zero-order valence-corrected chi connectivity index (χ0v) is 17.1. The van der Waals surface area contributed by atoms with E-state index in [0.29, 0.717) is 17.0 Å². The number of ether oxygens (including phenoxy) is 1. The number of Topliss-reactive ketones (excluding diaryl/α,β-unsaturated/α-hetero) is 1. The highest BCUT2D eigenvalue weighted by atomic mass is 16.5. The zero-order valence-electron chi connectivity index (χ0n) is 17.1. The molecule has 3 heterocycles. The van der Waals surface area contributed by atoms with E-state index < -0.39 is 17.9 Å². The third kappa shape index (κ3) is 2.70. The van der Waals surface area contributed by atoms with E-state index in [0.717, 1.165) is 29.8 Å². The molecule has 2 aromatic rings. The third-order valence-corrected chi connectivity index (χ3v) is 7.00. The predicted octanol–water partition coefficient (Wildman–Crippen LogP) is 1.42. The molecule has 0 radical (unpaired) electrons. The van der Waals surface area contributed by atoms with Crippen molar-refractivity contribution < 1.29 is 24.0 Å². The summed E-state index contributed by atoms with van der Waals surface area (Å²) in [6, 6.07) is 14.0. The number of benzene rings is 2. The van der Waals surface area contributed by atoms with Gasteiger partial charge in [0.1, 0.15) is 23.6 Å². The van der Waals surface area contributed by atoms with Crippen LogP contribution in [0.3, 0.4) is 0 Å². The van der Waals surface area contributed by atoms with Crippen molar-refractivity contribution in [3.63, 3.8) is 0 Å². The number of amides is 2. The van der Waals surface area contributed by atoms with E-state index in [1.165, 1.54) is 4.90 Å². The van der Waals surface area contributed by atoms with Gasteiger partial charge in [0, 0.05) is 18.4 Å². The number of hydrogen-bond acceptors (Lipinski definition) is 4. The molecule has 3 aliphatic rings. The highest BCUT2D eigenvalue weighted by molar-refractivity contribution is 6.24. The summed E-state index contributed by atoms with van der Waals surface area (Å²) in [5, 5.41) is 0. The van der Waals surface area contributed by atoms with E-state index in [2.05, 4.69) is 0 Å². The number of methoxy groups -OCH3 is 1. The first-order valence-electron chi connectivity index (χ1n) is 10.5. The van der Waals surface area contributed by atoms with Crippen LogP contribution in [0.25, 0.3) is 0 Å². The Morgan fingerprint density at radius 2 is 1.67 bits per heavy atom. The lowest BCUT2D eigenvalue weighted by Crippen LogP contribution is -3.16. The molecule has 0 bridgehead atoms. The number of quaternary nitrogens is 1. The number of nitrogens with zero attached hydrogens (tertiary/aromatic N) is 1. The van der Waals surface area contributed by atoms with Crippen LogP contribution in [0.2, 0.25) is 0 Å². The predicted molar refractivity (Wildman–Crippen MR) is 111 cm³/mol. The maximum absolute atomic E-state index is 13.5. The van der Waals surface area contributed by atoms with Crippen molar-refractivity contribution in [1.29, 1.82) is 0 Å². The molecule has 3 fully saturated rings. The van der Waals surface area contributed by atoms with Gasteiger partial charge in [-0.15, -0.1) is 0 Å². The fourth-order valence-electron chi connectivity index (χ4n) is 5.62. The van der Waals surface area contributed by atoms with Gasteiger partial charge in [-0.05, 0) is 31.2 Å². The average Bonchev–Trinajstić information content (AvgIpc) is 3.40. The van der Waals surface area contributed by atoms with Crippen molar-refractivity contribution in [2.24, 2.45) is 11.8 Å². The molecule has 0 spiro atoms. The molecule has 2 amide bonds. The van der Waals surface area contributed by atoms with Gasteiger partial charge in [0.2, 0.25) is 17.6 Å². The van der Waals surface area contributed by atoms with Gasteiger partial charge in [0.25, 0.3) is 0 Å². The molecule has 1 unspecified atom stereocenters. The smallest absolute Gasteiger partial charge is 0.244 e. The first kappa shape index (κ1) is 19.0. The second-order valence-electron chi connectivity index (χ2n) is 8.54. The Hall–Kier alpha value is -2.99. The van der Waals surface area contributed by atoms with Crippen LogP contribution in [0.4, 0.5) is 5.69 Å². The molecule has 5 rings (SSSR count). The highest BCUT2D eigenvalue weighted by Crippen LogP contribution is 2.40. The minimum absolute atomic E-state index is 0.0258. The molecule has 154 valence electrons. The normalized spacial score (nSPS) is 29.8. The van der Waals surface area contributed by atoms with Gasteiger partial charge in [-0.25, -0.2) is 4.90 Å². The number of nitrogens with one attached hydrogen (secondary N) is 1. The van der Waals surface area contributed by atoms with E-state index in [1.807, 2.05) is 31.2 Å². The second-order valence-corrected chi connectivity index (χ2v) is 8.54. The number of rotatable bonds is 4. The number of imide groups is 1. The summed E-state index contributed by atoms with van der Waals surface area (Å²) in [6.07, 6.45) is 1.86. The lowest BCUT2D eigenvalue weighted by molar-refractivity contribution is -0.915. The van der Waals surface area contributed by atoms with Crippen LogP contribution < -0.4 is 14.5 Å². The highest BCUT2D eigenvalue weighted by Gasteiger charge is 2.68. The number of aryl methyl sites for hydroxylation is 1. The summed E-state index contributed by atoms with van der Waals surface area (Å²) in [7, 11) is 1.57. The van der Waals surface area contributed by atoms with Crippen LogP contribution in [-0.4, -0.2) is 43.3 Å². The van der Waals surface area contributed by atoms with Crippen LogP contribution in [0.5, 0.6) is 5.75 Å². The van der Waals surface area contributed by atoms with Gasteiger partial charge in [-0.1, -0.05) is 29.8 Å². The van der Waals surface area contributed by atoms with Crippen molar-refractivity contribution >= 4 is 23.3 Å². The van der Waals surface area contributed by atoms with Gasteiger partial charge >= 0.3 is 0 Å². The van der Waals surface area contributed by atoms with Crippen molar-refractivity contribution in [3.05, 3.63) is 59.7 Å². The van der Waals surface area contributed by atoms with E-state index in [-0.39, 0.29) is 23.6 Å². The summed E-state index contributed by atoms with van der Waals surface area (Å²) >= 11 is 0. The number of hydrogen-bond donors (Lipinski definition) is 1. The van der Waals surface area contributed by atoms with Crippen LogP contribution in [0.1, 0.15) is 28.8 Å². The molecule has 2 aromatic carbocycles. The lowest BCUT2D eigenvalue weighted by atomic mass is 9.85. The third-order valence-electron chi connectivity index (χ3n) is 7.00. The van der Waals surface area contributed by atoms with E-state index in [9.17, 15) is 14.4 Å². The number of anilines is 1. The molecular weight excluding hydrogens is 380 g/mol. The Bertz CT molecular complexity index is 1010.